The number of hydrogen-bond acceptors (Lipinski definition) is 4. The molecule has 3 fully saturated rings. The average Bonchev–Trinajstić information content (AvgIpc) is 3.59. The third kappa shape index (κ3) is 4.55. The highest BCUT2D eigenvalue weighted by Gasteiger charge is 2.46. The maximum Gasteiger partial charge on any atom is 0.270 e. The van der Waals surface area contributed by atoms with E-state index in [0.717, 1.165) is 49.9 Å². The van der Waals surface area contributed by atoms with Crippen molar-refractivity contribution in [2.24, 2.45) is 27.6 Å². The van der Waals surface area contributed by atoms with Crippen molar-refractivity contribution in [3.63, 3.8) is 0 Å². The fourth-order valence-electron chi connectivity index (χ4n) is 4.01. The number of aliphatic imine (C=N–C) groups is 2. The molecular weight excluding hydrogens is 372 g/mol. The predicted octanol–water partition coefficient (Wildman–Crippen LogP) is 3.83. The highest BCUT2D eigenvalue weighted by atomic mass is 16.2. The van der Waals surface area contributed by atoms with Crippen LogP contribution >= 0.6 is 0 Å². The molecule has 0 radical (unpaired) electrons. The number of rotatable bonds is 9. The maximum atomic E-state index is 13.0. The summed E-state index contributed by atoms with van der Waals surface area (Å²) in [6, 6.07) is 8.44. The average molecular weight is 405 g/mol. The summed E-state index contributed by atoms with van der Waals surface area (Å²) in [7, 11) is 1.64. The Morgan fingerprint density at radius 2 is 2.03 bits per heavy atom. The lowest BCUT2D eigenvalue weighted by Gasteiger charge is -2.22. The van der Waals surface area contributed by atoms with E-state index in [-0.39, 0.29) is 17.5 Å². The first kappa shape index (κ1) is 20.6. The summed E-state index contributed by atoms with van der Waals surface area (Å²) in [5.41, 5.74) is 10.4. The van der Waals surface area contributed by atoms with Crippen LogP contribution in [0.4, 0.5) is 0 Å². The Balaban J connectivity index is 1.55. The lowest BCUT2D eigenvalue weighted by molar-refractivity contribution is -0.115. The van der Waals surface area contributed by atoms with Crippen molar-refractivity contribution in [1.82, 2.24) is 5.32 Å². The fourth-order valence-corrected chi connectivity index (χ4v) is 4.01. The largest absolute Gasteiger partial charge is 0.402 e. The fraction of sp³-hybridized carbons (Fsp3) is 0.480. The molecule has 0 unspecified atom stereocenters. The summed E-state index contributed by atoms with van der Waals surface area (Å²) in [6.07, 6.45) is 9.98. The van der Waals surface area contributed by atoms with Gasteiger partial charge < -0.3 is 11.1 Å². The first-order valence-electron chi connectivity index (χ1n) is 11.0. The van der Waals surface area contributed by atoms with Gasteiger partial charge in [0.1, 0.15) is 5.71 Å². The second kappa shape index (κ2) is 8.21. The molecule has 0 aromatic heterocycles. The van der Waals surface area contributed by atoms with Crippen LogP contribution in [0.2, 0.25) is 0 Å². The van der Waals surface area contributed by atoms with Gasteiger partial charge in [-0.15, -0.1) is 0 Å². The van der Waals surface area contributed by atoms with Gasteiger partial charge in [-0.05, 0) is 75.0 Å². The summed E-state index contributed by atoms with van der Waals surface area (Å²) in [6.45, 7) is 6.13. The number of nitrogens with zero attached hydrogens (tertiary/aromatic N) is 2. The Labute approximate surface area is 179 Å². The van der Waals surface area contributed by atoms with Crippen LogP contribution < -0.4 is 11.1 Å². The van der Waals surface area contributed by atoms with Crippen molar-refractivity contribution in [3.8, 4) is 0 Å². The second-order valence-corrected chi connectivity index (χ2v) is 8.96. The Hall–Kier alpha value is -2.69. The van der Waals surface area contributed by atoms with Gasteiger partial charge in [0.15, 0.2) is 0 Å². The number of nitrogens with two attached hydrogens (primary N) is 1. The highest BCUT2D eigenvalue weighted by molar-refractivity contribution is 6.43. The van der Waals surface area contributed by atoms with Crippen LogP contribution in [0.15, 0.2) is 58.7 Å². The molecule has 0 bridgehead atoms. The van der Waals surface area contributed by atoms with Gasteiger partial charge in [0, 0.05) is 12.7 Å². The molecule has 3 aliphatic carbocycles. The summed E-state index contributed by atoms with van der Waals surface area (Å²) >= 11 is 0. The number of aryl methyl sites for hydroxylation is 1. The van der Waals surface area contributed by atoms with Crippen molar-refractivity contribution in [2.45, 2.75) is 57.0 Å². The molecule has 0 heterocycles. The number of benzene rings is 1. The highest BCUT2D eigenvalue weighted by Crippen LogP contribution is 2.50. The SMILES string of the molecule is C=CC(=NC1(c2cccc(C)c2)CC1)[C@H](NC(=O)C(/C=C(\N)C1CC1)=NC)C1CC1. The lowest BCUT2D eigenvalue weighted by atomic mass is 10.0. The summed E-state index contributed by atoms with van der Waals surface area (Å²) < 4.78 is 0. The van der Waals surface area contributed by atoms with E-state index < -0.39 is 0 Å². The molecule has 30 heavy (non-hydrogen) atoms. The zero-order valence-electron chi connectivity index (χ0n) is 18.0. The molecule has 3 aliphatic rings. The van der Waals surface area contributed by atoms with Gasteiger partial charge in [-0.2, -0.15) is 0 Å². The molecule has 5 heteroatoms. The molecule has 3 N–H and O–H groups in total. The van der Waals surface area contributed by atoms with E-state index >= 15 is 0 Å². The van der Waals surface area contributed by atoms with Crippen LogP contribution in [0, 0.1) is 18.8 Å². The third-order valence-electron chi connectivity index (χ3n) is 6.36. The van der Waals surface area contributed by atoms with Crippen molar-refractivity contribution in [2.75, 3.05) is 7.05 Å². The molecule has 5 nitrogen and oxygen atoms in total. The molecule has 1 aromatic carbocycles. The summed E-state index contributed by atoms with van der Waals surface area (Å²) in [4.78, 5) is 22.3. The second-order valence-electron chi connectivity index (χ2n) is 8.96. The van der Waals surface area contributed by atoms with Gasteiger partial charge >= 0.3 is 0 Å². The molecule has 0 spiro atoms. The minimum absolute atomic E-state index is 0.135. The quantitative estimate of drug-likeness (QED) is 0.614. The molecular formula is C25H32N4O. The minimum Gasteiger partial charge on any atom is -0.402 e. The van der Waals surface area contributed by atoms with Crippen LogP contribution in [-0.2, 0) is 10.3 Å². The van der Waals surface area contributed by atoms with E-state index in [4.69, 9.17) is 10.7 Å². The molecule has 4 rings (SSSR count). The van der Waals surface area contributed by atoms with Crippen LogP contribution in [0.1, 0.15) is 49.7 Å². The number of allylic oxidation sites excluding steroid dienone is 1. The van der Waals surface area contributed by atoms with E-state index in [0.29, 0.717) is 17.5 Å². The predicted molar refractivity (Wildman–Crippen MR) is 123 cm³/mol. The number of carbonyl (C=O) groups excluding carboxylic acids is 1. The van der Waals surface area contributed by atoms with Gasteiger partial charge in [-0.3, -0.25) is 14.8 Å². The Morgan fingerprint density at radius 3 is 2.57 bits per heavy atom. The molecule has 1 aromatic rings. The van der Waals surface area contributed by atoms with Crippen LogP contribution in [0.3, 0.4) is 0 Å². The maximum absolute atomic E-state index is 13.0. The number of nitrogens with one attached hydrogen (secondary N) is 1. The lowest BCUT2D eigenvalue weighted by Crippen LogP contribution is -2.45. The van der Waals surface area contributed by atoms with Crippen molar-refractivity contribution >= 4 is 17.3 Å². The first-order valence-corrected chi connectivity index (χ1v) is 11.0. The van der Waals surface area contributed by atoms with E-state index in [9.17, 15) is 4.79 Å². The van der Waals surface area contributed by atoms with E-state index in [1.165, 1.54) is 11.1 Å². The Morgan fingerprint density at radius 1 is 1.30 bits per heavy atom. The standard InChI is InChI=1S/C25H32N4O/c1-4-21(29-25(12-13-25)19-7-5-6-16(2)14-19)23(18-10-11-18)28-24(30)22(27-3)15-20(26)17-8-9-17/h4-7,14-15,17-18,23H,1,8-13,26H2,2-3H3,(H,28,30)/b20-15-,27-22?,29-21?/t23-/m1/s1. The van der Waals surface area contributed by atoms with Crippen LogP contribution in [0.5, 0.6) is 0 Å². The molecule has 1 atom stereocenters. The molecule has 3 saturated carbocycles. The van der Waals surface area contributed by atoms with E-state index in [2.05, 4.69) is 48.1 Å². The normalized spacial score (nSPS) is 22.4. The van der Waals surface area contributed by atoms with Crippen LogP contribution in [0.25, 0.3) is 0 Å². The van der Waals surface area contributed by atoms with Crippen LogP contribution in [-0.4, -0.2) is 30.4 Å². The first-order chi connectivity index (χ1) is 14.5. The van der Waals surface area contributed by atoms with Gasteiger partial charge in [-0.1, -0.05) is 36.4 Å². The third-order valence-corrected chi connectivity index (χ3v) is 6.36. The van der Waals surface area contributed by atoms with Gasteiger partial charge in [0.25, 0.3) is 5.91 Å². The minimum atomic E-state index is -0.187. The monoisotopic (exact) mass is 404 g/mol. The number of amides is 1. The van der Waals surface area contributed by atoms with Crippen molar-refractivity contribution < 1.29 is 4.79 Å². The number of carbonyl (C=O) groups is 1. The topological polar surface area (TPSA) is 79.8 Å². The Kier molecular flexibility index (Phi) is 5.63. The summed E-state index contributed by atoms with van der Waals surface area (Å²) in [5.74, 6) is 0.623. The summed E-state index contributed by atoms with van der Waals surface area (Å²) in [5, 5.41) is 3.19. The smallest absolute Gasteiger partial charge is 0.270 e. The van der Waals surface area contributed by atoms with Crippen molar-refractivity contribution in [3.05, 3.63) is 59.8 Å². The van der Waals surface area contributed by atoms with Gasteiger partial charge in [0.05, 0.1) is 17.3 Å². The molecule has 158 valence electrons. The van der Waals surface area contributed by atoms with Crippen molar-refractivity contribution in [1.29, 1.82) is 0 Å². The molecule has 0 saturated heterocycles. The molecule has 0 aliphatic heterocycles. The number of hydrogen-bond donors (Lipinski definition) is 2. The zero-order chi connectivity index (χ0) is 21.3. The zero-order valence-corrected chi connectivity index (χ0v) is 18.0. The van der Waals surface area contributed by atoms with E-state index in [1.54, 1.807) is 13.1 Å². The van der Waals surface area contributed by atoms with Gasteiger partial charge in [0.2, 0.25) is 0 Å². The van der Waals surface area contributed by atoms with Gasteiger partial charge in [-0.25, -0.2) is 0 Å². The Bertz CT molecular complexity index is 930. The molecule has 1 amide bonds. The van der Waals surface area contributed by atoms with E-state index in [1.807, 2.05) is 6.08 Å².